The van der Waals surface area contributed by atoms with E-state index in [1.165, 1.54) is 83.6 Å². The first kappa shape index (κ1) is 17.5. The van der Waals surface area contributed by atoms with Crippen molar-refractivity contribution in [3.8, 4) is 6.07 Å². The molecule has 0 heterocycles. The highest BCUT2D eigenvalue weighted by molar-refractivity contribution is 4.86. The number of hydrogen-bond donors (Lipinski definition) is 0. The summed E-state index contributed by atoms with van der Waals surface area (Å²) >= 11 is 0. The van der Waals surface area contributed by atoms with Crippen LogP contribution in [0.15, 0.2) is 0 Å². The van der Waals surface area contributed by atoms with Crippen molar-refractivity contribution in [2.45, 2.75) is 96.4 Å². The second kappa shape index (κ2) is 12.2. The molecule has 0 aromatic rings. The normalized spacial score (nSPS) is 14.7. The van der Waals surface area contributed by atoms with Crippen LogP contribution >= 0.6 is 0 Å². The van der Waals surface area contributed by atoms with Crippen molar-refractivity contribution in [3.63, 3.8) is 0 Å². The quantitative estimate of drug-likeness (QED) is 0.404. The Morgan fingerprint density at radius 1 is 0.850 bits per heavy atom. The van der Waals surface area contributed by atoms with E-state index >= 15 is 0 Å². The summed E-state index contributed by atoms with van der Waals surface area (Å²) in [6, 6.07) is 3.10. The van der Waals surface area contributed by atoms with Crippen LogP contribution in [0.2, 0.25) is 0 Å². The fourth-order valence-corrected chi connectivity index (χ4v) is 2.91. The van der Waals surface area contributed by atoms with E-state index in [9.17, 15) is 0 Å². The van der Waals surface area contributed by atoms with E-state index in [1.54, 1.807) is 0 Å². The summed E-state index contributed by atoms with van der Waals surface area (Å²) in [7, 11) is 0. The van der Waals surface area contributed by atoms with E-state index < -0.39 is 0 Å². The fraction of sp³-hybridized carbons (Fsp3) is 0.944. The smallest absolute Gasteiger partial charge is 0.0635 e. The summed E-state index contributed by atoms with van der Waals surface area (Å²) < 4.78 is 0. The summed E-state index contributed by atoms with van der Waals surface area (Å²) in [5.74, 6) is 0. The predicted octanol–water partition coefficient (Wildman–Crippen LogP) is 5.29. The lowest BCUT2D eigenvalue weighted by molar-refractivity contribution is 0.262. The van der Waals surface area contributed by atoms with Crippen molar-refractivity contribution in [2.24, 2.45) is 0 Å². The van der Waals surface area contributed by atoms with Gasteiger partial charge >= 0.3 is 0 Å². The van der Waals surface area contributed by atoms with Crippen molar-refractivity contribution in [2.75, 3.05) is 13.1 Å². The second-order valence-corrected chi connectivity index (χ2v) is 6.36. The van der Waals surface area contributed by atoms with E-state index in [-0.39, 0.29) is 0 Å². The maximum Gasteiger partial charge on any atom is 0.0635 e. The molecule has 1 aliphatic rings. The number of nitrogens with zero attached hydrogens (tertiary/aromatic N) is 2. The Balaban J connectivity index is 1.84. The van der Waals surface area contributed by atoms with Gasteiger partial charge in [0.05, 0.1) is 6.07 Å². The van der Waals surface area contributed by atoms with E-state index in [2.05, 4.69) is 17.9 Å². The molecule has 0 radical (unpaired) electrons. The molecule has 2 nitrogen and oxygen atoms in total. The molecule has 0 aromatic carbocycles. The lowest BCUT2D eigenvalue weighted by Gasteiger charge is -2.20. The van der Waals surface area contributed by atoms with Gasteiger partial charge < -0.3 is 0 Å². The van der Waals surface area contributed by atoms with Gasteiger partial charge in [0.1, 0.15) is 0 Å². The van der Waals surface area contributed by atoms with Gasteiger partial charge in [-0.25, -0.2) is 0 Å². The van der Waals surface area contributed by atoms with Crippen molar-refractivity contribution in [1.82, 2.24) is 4.90 Å². The Hall–Kier alpha value is -0.550. The van der Waals surface area contributed by atoms with Gasteiger partial charge in [-0.15, -0.1) is 0 Å². The molecule has 20 heavy (non-hydrogen) atoms. The summed E-state index contributed by atoms with van der Waals surface area (Å²) in [5.41, 5.74) is 0. The number of hydrogen-bond acceptors (Lipinski definition) is 2. The topological polar surface area (TPSA) is 27.0 Å². The van der Waals surface area contributed by atoms with Crippen LogP contribution < -0.4 is 0 Å². The highest BCUT2D eigenvalue weighted by atomic mass is 15.2. The zero-order chi connectivity index (χ0) is 14.5. The summed E-state index contributed by atoms with van der Waals surface area (Å²) in [5, 5.41) is 8.69. The van der Waals surface area contributed by atoms with E-state index in [1.807, 2.05) is 0 Å². The molecule has 0 unspecified atom stereocenters. The Kier molecular flexibility index (Phi) is 10.7. The first-order valence-electron chi connectivity index (χ1n) is 8.99. The zero-order valence-corrected chi connectivity index (χ0v) is 13.6. The Morgan fingerprint density at radius 2 is 1.40 bits per heavy atom. The minimum atomic E-state index is 0.703. The number of unbranched alkanes of at least 4 members (excludes halogenated alkanes) is 9. The molecule has 1 saturated carbocycles. The summed E-state index contributed by atoms with van der Waals surface area (Å²) in [6.45, 7) is 4.50. The third-order valence-electron chi connectivity index (χ3n) is 4.37. The van der Waals surface area contributed by atoms with E-state index in [0.29, 0.717) is 6.42 Å². The lowest BCUT2D eigenvalue weighted by Crippen LogP contribution is -2.28. The van der Waals surface area contributed by atoms with Gasteiger partial charge in [0.2, 0.25) is 0 Å². The maximum absolute atomic E-state index is 8.69. The first-order chi connectivity index (χ1) is 9.88. The molecule has 0 aromatic heterocycles. The molecule has 1 fully saturated rings. The van der Waals surface area contributed by atoms with Crippen LogP contribution in [0.5, 0.6) is 0 Å². The van der Waals surface area contributed by atoms with Crippen LogP contribution in [0.4, 0.5) is 0 Å². The van der Waals surface area contributed by atoms with Gasteiger partial charge in [-0.3, -0.25) is 4.90 Å². The molecule has 2 heteroatoms. The highest BCUT2D eigenvalue weighted by Crippen LogP contribution is 2.27. The Labute approximate surface area is 126 Å². The van der Waals surface area contributed by atoms with Crippen LogP contribution in [0, 0.1) is 11.3 Å². The molecule has 0 bridgehead atoms. The SMILES string of the molecule is CCCCCCCCCCCCN(CCC#N)C1CC1. The fourth-order valence-electron chi connectivity index (χ4n) is 2.91. The average Bonchev–Trinajstić information content (AvgIpc) is 3.28. The van der Waals surface area contributed by atoms with Crippen LogP contribution in [-0.2, 0) is 0 Å². The molecule has 116 valence electrons. The minimum absolute atomic E-state index is 0.703. The molecule has 0 N–H and O–H groups in total. The van der Waals surface area contributed by atoms with Crippen molar-refractivity contribution in [1.29, 1.82) is 5.26 Å². The van der Waals surface area contributed by atoms with Crippen molar-refractivity contribution in [3.05, 3.63) is 0 Å². The molecule has 0 aliphatic heterocycles. The average molecular weight is 278 g/mol. The standard InChI is InChI=1S/C18H34N2/c1-2-3-4-5-6-7-8-9-10-11-16-20(17-12-15-19)18-13-14-18/h18H,2-14,16-17H2,1H3. The largest absolute Gasteiger partial charge is 0.299 e. The van der Waals surface area contributed by atoms with Crippen LogP contribution in [0.3, 0.4) is 0 Å². The molecule has 0 spiro atoms. The third kappa shape index (κ3) is 9.37. The van der Waals surface area contributed by atoms with Gasteiger partial charge in [-0.05, 0) is 25.8 Å². The molecular formula is C18H34N2. The number of nitriles is 1. The summed E-state index contributed by atoms with van der Waals surface area (Å²) in [6.07, 6.45) is 17.5. The van der Waals surface area contributed by atoms with Gasteiger partial charge in [0.25, 0.3) is 0 Å². The number of rotatable bonds is 14. The lowest BCUT2D eigenvalue weighted by atomic mass is 10.1. The molecule has 0 amide bonds. The summed E-state index contributed by atoms with van der Waals surface area (Å²) in [4.78, 5) is 2.55. The molecular weight excluding hydrogens is 244 g/mol. The minimum Gasteiger partial charge on any atom is -0.299 e. The zero-order valence-electron chi connectivity index (χ0n) is 13.6. The second-order valence-electron chi connectivity index (χ2n) is 6.36. The third-order valence-corrected chi connectivity index (χ3v) is 4.37. The van der Waals surface area contributed by atoms with Crippen LogP contribution in [-0.4, -0.2) is 24.0 Å². The predicted molar refractivity (Wildman–Crippen MR) is 86.7 cm³/mol. The van der Waals surface area contributed by atoms with Gasteiger partial charge in [-0.2, -0.15) is 5.26 Å². The highest BCUT2D eigenvalue weighted by Gasteiger charge is 2.27. The van der Waals surface area contributed by atoms with Gasteiger partial charge in [-0.1, -0.05) is 64.7 Å². The van der Waals surface area contributed by atoms with Crippen molar-refractivity contribution >= 4 is 0 Å². The van der Waals surface area contributed by atoms with E-state index in [4.69, 9.17) is 5.26 Å². The van der Waals surface area contributed by atoms with Crippen molar-refractivity contribution < 1.29 is 0 Å². The molecule has 1 rings (SSSR count). The molecule has 1 aliphatic carbocycles. The van der Waals surface area contributed by atoms with Crippen LogP contribution in [0.25, 0.3) is 0 Å². The van der Waals surface area contributed by atoms with Gasteiger partial charge in [0, 0.05) is 19.0 Å². The maximum atomic E-state index is 8.69. The first-order valence-corrected chi connectivity index (χ1v) is 8.99. The Morgan fingerprint density at radius 3 is 1.90 bits per heavy atom. The molecule has 0 saturated heterocycles. The van der Waals surface area contributed by atoms with E-state index in [0.717, 1.165) is 12.6 Å². The molecule has 0 atom stereocenters. The van der Waals surface area contributed by atoms with Gasteiger partial charge in [0.15, 0.2) is 0 Å². The van der Waals surface area contributed by atoms with Crippen LogP contribution in [0.1, 0.15) is 90.4 Å². The monoisotopic (exact) mass is 278 g/mol. The Bertz CT molecular complexity index is 253.